The van der Waals surface area contributed by atoms with Gasteiger partial charge in [0, 0.05) is 11.6 Å². The first-order valence-corrected chi connectivity index (χ1v) is 8.41. The predicted molar refractivity (Wildman–Crippen MR) is 95.8 cm³/mol. The highest BCUT2D eigenvalue weighted by molar-refractivity contribution is 6.32. The molecule has 5 nitrogen and oxygen atoms in total. The monoisotopic (exact) mass is 399 g/mol. The summed E-state index contributed by atoms with van der Waals surface area (Å²) in [6.45, 7) is 1.18. The van der Waals surface area contributed by atoms with Crippen LogP contribution in [0.15, 0.2) is 42.5 Å². The molecular formula is C18H16Cl2FNO4. The number of halogens is 3. The molecule has 0 aliphatic heterocycles. The molecule has 0 aliphatic carbocycles. The molecule has 2 aromatic rings. The maximum absolute atomic E-state index is 12.9. The summed E-state index contributed by atoms with van der Waals surface area (Å²) in [6.07, 6.45) is -1.02. The zero-order chi connectivity index (χ0) is 19.1. The largest absolute Gasteiger partial charge is 0.480 e. The van der Waals surface area contributed by atoms with Crippen molar-refractivity contribution in [2.75, 3.05) is 6.61 Å². The molecule has 0 heterocycles. The quantitative estimate of drug-likeness (QED) is 0.719. The van der Waals surface area contributed by atoms with E-state index >= 15 is 0 Å². The first kappa shape index (κ1) is 20.0. The number of hydrogen-bond acceptors (Lipinski definition) is 4. The summed E-state index contributed by atoms with van der Waals surface area (Å²) in [5.41, 5.74) is 0.746. The van der Waals surface area contributed by atoms with Crippen molar-refractivity contribution in [2.24, 2.45) is 0 Å². The first-order chi connectivity index (χ1) is 12.4. The van der Waals surface area contributed by atoms with Crippen molar-refractivity contribution in [2.45, 2.75) is 19.6 Å². The van der Waals surface area contributed by atoms with Gasteiger partial charge in [-0.1, -0.05) is 41.4 Å². The van der Waals surface area contributed by atoms with Gasteiger partial charge in [0.2, 0.25) is 0 Å². The molecule has 138 valence electrons. The Balaban J connectivity index is 1.78. The lowest BCUT2D eigenvalue weighted by atomic mass is 10.2. The molecule has 1 amide bonds. The molecule has 0 aliphatic rings. The molecule has 26 heavy (non-hydrogen) atoms. The van der Waals surface area contributed by atoms with Gasteiger partial charge in [-0.05, 0) is 36.8 Å². The third-order valence-electron chi connectivity index (χ3n) is 3.33. The molecule has 2 aromatic carbocycles. The Morgan fingerprint density at radius 1 is 1.15 bits per heavy atom. The predicted octanol–water partition coefficient (Wildman–Crippen LogP) is 3.76. The summed E-state index contributed by atoms with van der Waals surface area (Å²) < 4.78 is 23.1. The minimum Gasteiger partial charge on any atom is -0.480 e. The third-order valence-corrected chi connectivity index (χ3v) is 3.99. The van der Waals surface area contributed by atoms with Gasteiger partial charge < -0.3 is 14.8 Å². The van der Waals surface area contributed by atoms with Gasteiger partial charge in [-0.2, -0.15) is 0 Å². The van der Waals surface area contributed by atoms with Gasteiger partial charge >= 0.3 is 5.97 Å². The standard InChI is InChI=1S/C18H16Cl2FNO4/c1-11(18(24)22-9-12-4-2-3-5-14(12)19)26-17(23)10-25-16-7-6-13(21)8-15(16)20/h2-8,11H,9-10H2,1H3,(H,22,24)/t11-/m1/s1. The number of esters is 1. The van der Waals surface area contributed by atoms with E-state index in [1.807, 2.05) is 0 Å². The Kier molecular flexibility index (Phi) is 7.24. The number of rotatable bonds is 7. The van der Waals surface area contributed by atoms with Gasteiger partial charge in [0.15, 0.2) is 12.7 Å². The van der Waals surface area contributed by atoms with Crippen LogP contribution in [0.3, 0.4) is 0 Å². The van der Waals surface area contributed by atoms with E-state index in [0.29, 0.717) is 5.02 Å². The van der Waals surface area contributed by atoms with Crippen molar-refractivity contribution >= 4 is 35.1 Å². The van der Waals surface area contributed by atoms with E-state index in [9.17, 15) is 14.0 Å². The average Bonchev–Trinajstić information content (AvgIpc) is 2.60. The number of carbonyl (C=O) groups excluding carboxylic acids is 2. The molecule has 0 saturated carbocycles. The fourth-order valence-corrected chi connectivity index (χ4v) is 2.41. The summed E-state index contributed by atoms with van der Waals surface area (Å²) in [5.74, 6) is -1.61. The number of amides is 1. The minimum atomic E-state index is -1.02. The van der Waals surface area contributed by atoms with Crippen molar-refractivity contribution in [1.82, 2.24) is 5.32 Å². The molecule has 0 saturated heterocycles. The van der Waals surface area contributed by atoms with Gasteiger partial charge in [0.25, 0.3) is 5.91 Å². The highest BCUT2D eigenvalue weighted by atomic mass is 35.5. The number of ether oxygens (including phenoxy) is 2. The van der Waals surface area contributed by atoms with Crippen molar-refractivity contribution in [3.8, 4) is 5.75 Å². The van der Waals surface area contributed by atoms with Crippen LogP contribution in [0.5, 0.6) is 5.75 Å². The maximum Gasteiger partial charge on any atom is 0.344 e. The molecule has 0 unspecified atom stereocenters. The first-order valence-electron chi connectivity index (χ1n) is 7.65. The summed E-state index contributed by atoms with van der Waals surface area (Å²) in [5, 5.41) is 3.19. The van der Waals surface area contributed by atoms with E-state index in [2.05, 4.69) is 5.32 Å². The fraction of sp³-hybridized carbons (Fsp3) is 0.222. The van der Waals surface area contributed by atoms with E-state index in [4.69, 9.17) is 32.7 Å². The SMILES string of the molecule is C[C@@H](OC(=O)COc1ccc(F)cc1Cl)C(=O)NCc1ccccc1Cl. The second kappa shape index (κ2) is 9.40. The average molecular weight is 400 g/mol. The van der Waals surface area contributed by atoms with E-state index in [-0.39, 0.29) is 17.3 Å². The van der Waals surface area contributed by atoms with Crippen molar-refractivity contribution in [3.05, 3.63) is 63.9 Å². The van der Waals surface area contributed by atoms with Crippen molar-refractivity contribution in [3.63, 3.8) is 0 Å². The smallest absolute Gasteiger partial charge is 0.344 e. The van der Waals surface area contributed by atoms with Gasteiger partial charge in [-0.3, -0.25) is 4.79 Å². The minimum absolute atomic E-state index is 0.0309. The molecule has 0 bridgehead atoms. The second-order valence-electron chi connectivity index (χ2n) is 5.30. The normalized spacial score (nSPS) is 11.5. The molecule has 0 radical (unpaired) electrons. The lowest BCUT2D eigenvalue weighted by molar-refractivity contribution is -0.156. The number of nitrogens with one attached hydrogen (secondary N) is 1. The zero-order valence-corrected chi connectivity index (χ0v) is 15.3. The van der Waals surface area contributed by atoms with E-state index in [0.717, 1.165) is 17.7 Å². The number of hydrogen-bond donors (Lipinski definition) is 1. The molecule has 0 spiro atoms. The molecule has 1 atom stereocenters. The molecule has 8 heteroatoms. The van der Waals surface area contributed by atoms with Crippen molar-refractivity contribution < 1.29 is 23.5 Å². The number of benzene rings is 2. The summed E-state index contributed by atoms with van der Waals surface area (Å²) in [4.78, 5) is 23.8. The van der Waals surface area contributed by atoms with Gasteiger partial charge in [-0.25, -0.2) is 9.18 Å². The van der Waals surface area contributed by atoms with Crippen LogP contribution in [0.1, 0.15) is 12.5 Å². The Hall–Kier alpha value is -2.31. The van der Waals surface area contributed by atoms with Crippen LogP contribution >= 0.6 is 23.2 Å². The van der Waals surface area contributed by atoms with Crippen LogP contribution in [0.25, 0.3) is 0 Å². The van der Waals surface area contributed by atoms with Gasteiger partial charge in [-0.15, -0.1) is 0 Å². The van der Waals surface area contributed by atoms with Crippen LogP contribution in [-0.2, 0) is 20.9 Å². The van der Waals surface area contributed by atoms with Crippen LogP contribution in [0.2, 0.25) is 10.0 Å². The lowest BCUT2D eigenvalue weighted by Crippen LogP contribution is -2.36. The maximum atomic E-state index is 12.9. The van der Waals surface area contributed by atoms with E-state index in [1.165, 1.54) is 13.0 Å². The topological polar surface area (TPSA) is 64.6 Å². The van der Waals surface area contributed by atoms with Crippen molar-refractivity contribution in [1.29, 1.82) is 0 Å². The molecular weight excluding hydrogens is 384 g/mol. The van der Waals surface area contributed by atoms with Gasteiger partial charge in [0.1, 0.15) is 11.6 Å². The molecule has 0 fully saturated rings. The molecule has 2 rings (SSSR count). The third kappa shape index (κ3) is 5.89. The zero-order valence-electron chi connectivity index (χ0n) is 13.8. The summed E-state index contributed by atoms with van der Waals surface area (Å²) in [7, 11) is 0. The molecule has 0 aromatic heterocycles. The lowest BCUT2D eigenvalue weighted by Gasteiger charge is -2.14. The van der Waals surface area contributed by atoms with Crippen LogP contribution < -0.4 is 10.1 Å². The summed E-state index contributed by atoms with van der Waals surface area (Å²) >= 11 is 11.8. The number of carbonyl (C=O) groups is 2. The van der Waals surface area contributed by atoms with Gasteiger partial charge in [0.05, 0.1) is 5.02 Å². The second-order valence-corrected chi connectivity index (χ2v) is 6.12. The van der Waals surface area contributed by atoms with E-state index < -0.39 is 30.4 Å². The fourth-order valence-electron chi connectivity index (χ4n) is 1.98. The Morgan fingerprint density at radius 2 is 1.88 bits per heavy atom. The highest BCUT2D eigenvalue weighted by Gasteiger charge is 2.18. The molecule has 1 N–H and O–H groups in total. The van der Waals surface area contributed by atoms with E-state index in [1.54, 1.807) is 24.3 Å². The summed E-state index contributed by atoms with van der Waals surface area (Å²) in [6, 6.07) is 10.6. The Bertz CT molecular complexity index is 801. The van der Waals surface area contributed by atoms with Crippen LogP contribution in [0, 0.1) is 5.82 Å². The van der Waals surface area contributed by atoms with Crippen LogP contribution in [0.4, 0.5) is 4.39 Å². The highest BCUT2D eigenvalue weighted by Crippen LogP contribution is 2.24. The Labute approximate surface area is 160 Å². The Morgan fingerprint density at radius 3 is 2.58 bits per heavy atom. The van der Waals surface area contributed by atoms with Crippen LogP contribution in [-0.4, -0.2) is 24.6 Å².